The maximum Gasteiger partial charge on any atom is 0.316 e. The minimum atomic E-state index is -0.815. The summed E-state index contributed by atoms with van der Waals surface area (Å²) in [5.74, 6) is -0.197. The van der Waals surface area contributed by atoms with E-state index in [-0.39, 0.29) is 11.9 Å². The Morgan fingerprint density at radius 1 is 1.04 bits per heavy atom. The number of hydrogen-bond donors (Lipinski definition) is 0. The van der Waals surface area contributed by atoms with Crippen LogP contribution in [-0.2, 0) is 25.2 Å². The Hall–Kier alpha value is -2.62. The van der Waals surface area contributed by atoms with Crippen molar-refractivity contribution in [1.29, 1.82) is 0 Å². The van der Waals surface area contributed by atoms with Crippen molar-refractivity contribution < 1.29 is 14.3 Å². The molecule has 0 N–H and O–H groups in total. The molecule has 1 heterocycles. The maximum atomic E-state index is 13.5. The third-order valence-corrected chi connectivity index (χ3v) is 6.13. The molecule has 0 fully saturated rings. The van der Waals surface area contributed by atoms with Gasteiger partial charge in [-0.1, -0.05) is 49.4 Å². The molecule has 1 aliphatic heterocycles. The van der Waals surface area contributed by atoms with Crippen LogP contribution < -0.4 is 4.90 Å². The zero-order chi connectivity index (χ0) is 18.5. The molecule has 0 radical (unpaired) electrons. The number of carbonyl (C=O) groups is 2. The molecule has 2 aromatic carbocycles. The molecule has 2 unspecified atom stereocenters. The molecule has 0 aromatic heterocycles. The average Bonchev–Trinajstić information content (AvgIpc) is 3.10. The summed E-state index contributed by atoms with van der Waals surface area (Å²) in [5, 5.41) is 0. The zero-order valence-electron chi connectivity index (χ0n) is 15.4. The Balaban J connectivity index is 2.02. The SMILES string of the molecule is CCOC(=O)C1(CC)CC2(C(=O)N(C)c3ccccc32)c2ccccc21. The van der Waals surface area contributed by atoms with E-state index in [1.807, 2.05) is 69.4 Å². The third-order valence-electron chi connectivity index (χ3n) is 6.13. The molecule has 0 bridgehead atoms. The van der Waals surface area contributed by atoms with Gasteiger partial charge in [-0.05, 0) is 42.5 Å². The van der Waals surface area contributed by atoms with Crippen LogP contribution in [0, 0.1) is 0 Å². The van der Waals surface area contributed by atoms with Crippen molar-refractivity contribution >= 4 is 17.6 Å². The normalized spacial score (nSPS) is 26.1. The minimum absolute atomic E-state index is 0.0331. The first-order chi connectivity index (χ1) is 12.5. The van der Waals surface area contributed by atoms with E-state index in [9.17, 15) is 9.59 Å². The molecule has 4 rings (SSSR count). The summed E-state index contributed by atoms with van der Waals surface area (Å²) in [6, 6.07) is 15.8. The molecular weight excluding hydrogens is 326 g/mol. The van der Waals surface area contributed by atoms with Gasteiger partial charge in [0.25, 0.3) is 0 Å². The fraction of sp³-hybridized carbons (Fsp3) is 0.364. The Morgan fingerprint density at radius 3 is 2.31 bits per heavy atom. The predicted octanol–water partition coefficient (Wildman–Crippen LogP) is 3.56. The predicted molar refractivity (Wildman–Crippen MR) is 100 cm³/mol. The van der Waals surface area contributed by atoms with Crippen molar-refractivity contribution in [3.63, 3.8) is 0 Å². The van der Waals surface area contributed by atoms with Gasteiger partial charge in [-0.25, -0.2) is 0 Å². The fourth-order valence-electron chi connectivity index (χ4n) is 4.90. The van der Waals surface area contributed by atoms with E-state index in [0.29, 0.717) is 19.4 Å². The Bertz CT molecular complexity index is 906. The minimum Gasteiger partial charge on any atom is -0.465 e. The summed E-state index contributed by atoms with van der Waals surface area (Å²) in [6.07, 6.45) is 1.03. The fourth-order valence-corrected chi connectivity index (χ4v) is 4.90. The van der Waals surface area contributed by atoms with Crippen LogP contribution in [0.25, 0.3) is 0 Å². The van der Waals surface area contributed by atoms with Gasteiger partial charge in [-0.3, -0.25) is 9.59 Å². The topological polar surface area (TPSA) is 46.6 Å². The zero-order valence-corrected chi connectivity index (χ0v) is 15.4. The highest BCUT2D eigenvalue weighted by Gasteiger charge is 2.63. The lowest BCUT2D eigenvalue weighted by Crippen LogP contribution is -2.42. The smallest absolute Gasteiger partial charge is 0.316 e. The van der Waals surface area contributed by atoms with Crippen LogP contribution in [0.2, 0.25) is 0 Å². The Morgan fingerprint density at radius 2 is 1.65 bits per heavy atom. The van der Waals surface area contributed by atoms with Crippen LogP contribution >= 0.6 is 0 Å². The number of fused-ring (bicyclic) bond motifs is 4. The monoisotopic (exact) mass is 349 g/mol. The molecule has 1 spiro atoms. The number of ether oxygens (including phenoxy) is 1. The van der Waals surface area contributed by atoms with Crippen molar-refractivity contribution in [2.75, 3.05) is 18.6 Å². The van der Waals surface area contributed by atoms with E-state index < -0.39 is 10.8 Å². The van der Waals surface area contributed by atoms with Gasteiger partial charge in [0.05, 0.1) is 12.0 Å². The van der Waals surface area contributed by atoms with E-state index in [2.05, 4.69) is 0 Å². The molecule has 134 valence electrons. The molecule has 1 aliphatic carbocycles. The summed E-state index contributed by atoms with van der Waals surface area (Å²) in [6.45, 7) is 4.16. The first-order valence-electron chi connectivity index (χ1n) is 9.18. The van der Waals surface area contributed by atoms with Crippen molar-refractivity contribution in [2.45, 2.75) is 37.5 Å². The standard InChI is InChI=1S/C22H23NO3/c1-4-21(20(25)26-5-2)14-22(16-11-7-6-10-15(16)21)17-12-8-9-13-18(17)23(3)19(22)24/h6-13H,4-5,14H2,1-3H3. The second-order valence-corrected chi connectivity index (χ2v) is 7.17. The number of nitrogens with zero attached hydrogens (tertiary/aromatic N) is 1. The van der Waals surface area contributed by atoms with Gasteiger partial charge in [0.1, 0.15) is 5.41 Å². The van der Waals surface area contributed by atoms with Crippen molar-refractivity contribution in [3.8, 4) is 0 Å². The van der Waals surface area contributed by atoms with Crippen LogP contribution in [0.4, 0.5) is 5.69 Å². The number of amides is 1. The Labute approximate surface area is 153 Å². The highest BCUT2D eigenvalue weighted by atomic mass is 16.5. The molecule has 2 aliphatic rings. The van der Waals surface area contributed by atoms with E-state index in [1.54, 1.807) is 4.90 Å². The quantitative estimate of drug-likeness (QED) is 0.796. The average molecular weight is 349 g/mol. The second-order valence-electron chi connectivity index (χ2n) is 7.17. The molecule has 4 nitrogen and oxygen atoms in total. The third kappa shape index (κ3) is 1.84. The highest BCUT2D eigenvalue weighted by Crippen LogP contribution is 2.59. The summed E-state index contributed by atoms with van der Waals surface area (Å²) in [7, 11) is 1.81. The second kappa shape index (κ2) is 5.70. The van der Waals surface area contributed by atoms with E-state index >= 15 is 0 Å². The van der Waals surface area contributed by atoms with E-state index in [0.717, 1.165) is 22.4 Å². The number of anilines is 1. The molecule has 1 amide bonds. The number of likely N-dealkylation sites (N-methyl/N-ethyl adjacent to an activating group) is 1. The first-order valence-corrected chi connectivity index (χ1v) is 9.18. The number of benzene rings is 2. The van der Waals surface area contributed by atoms with Crippen LogP contribution in [0.15, 0.2) is 48.5 Å². The molecule has 0 saturated heterocycles. The highest BCUT2D eigenvalue weighted by molar-refractivity contribution is 6.12. The largest absolute Gasteiger partial charge is 0.465 e. The van der Waals surface area contributed by atoms with Gasteiger partial charge in [0, 0.05) is 12.7 Å². The van der Waals surface area contributed by atoms with Gasteiger partial charge in [0.15, 0.2) is 0 Å². The van der Waals surface area contributed by atoms with E-state index in [1.165, 1.54) is 0 Å². The maximum absolute atomic E-state index is 13.5. The van der Waals surface area contributed by atoms with E-state index in [4.69, 9.17) is 4.74 Å². The van der Waals surface area contributed by atoms with Crippen LogP contribution in [0.1, 0.15) is 43.4 Å². The van der Waals surface area contributed by atoms with Gasteiger partial charge >= 0.3 is 5.97 Å². The molecule has 2 aromatic rings. The van der Waals surface area contributed by atoms with Crippen LogP contribution in [0.5, 0.6) is 0 Å². The summed E-state index contributed by atoms with van der Waals surface area (Å²) in [5.41, 5.74) is 2.17. The number of hydrogen-bond acceptors (Lipinski definition) is 3. The number of para-hydroxylation sites is 1. The Kier molecular flexibility index (Phi) is 3.69. The number of carbonyl (C=O) groups excluding carboxylic acids is 2. The van der Waals surface area contributed by atoms with Crippen LogP contribution in [0.3, 0.4) is 0 Å². The molecule has 4 heteroatoms. The number of rotatable bonds is 3. The lowest BCUT2D eigenvalue weighted by atomic mass is 9.72. The summed E-state index contributed by atoms with van der Waals surface area (Å²) < 4.78 is 5.47. The van der Waals surface area contributed by atoms with Crippen LogP contribution in [-0.4, -0.2) is 25.5 Å². The van der Waals surface area contributed by atoms with Crippen molar-refractivity contribution in [1.82, 2.24) is 0 Å². The molecule has 0 saturated carbocycles. The van der Waals surface area contributed by atoms with Gasteiger partial charge in [-0.2, -0.15) is 0 Å². The summed E-state index contributed by atoms with van der Waals surface area (Å²) in [4.78, 5) is 28.3. The van der Waals surface area contributed by atoms with Gasteiger partial charge < -0.3 is 9.64 Å². The molecule has 2 atom stereocenters. The van der Waals surface area contributed by atoms with Gasteiger partial charge in [0.2, 0.25) is 5.91 Å². The molecular formula is C22H23NO3. The van der Waals surface area contributed by atoms with Crippen molar-refractivity contribution in [3.05, 3.63) is 65.2 Å². The van der Waals surface area contributed by atoms with Gasteiger partial charge in [-0.15, -0.1) is 0 Å². The lowest BCUT2D eigenvalue weighted by Gasteiger charge is -2.29. The number of esters is 1. The first kappa shape index (κ1) is 16.8. The lowest BCUT2D eigenvalue weighted by molar-refractivity contribution is -0.150. The van der Waals surface area contributed by atoms with Crippen molar-refractivity contribution in [2.24, 2.45) is 0 Å². The summed E-state index contributed by atoms with van der Waals surface area (Å²) >= 11 is 0. The molecule has 26 heavy (non-hydrogen) atoms.